The molecule has 3 heterocycles. The van der Waals surface area contributed by atoms with Crippen LogP contribution in [0.2, 0.25) is 0 Å². The molecule has 1 amide bonds. The number of aromatic nitrogens is 4. The SMILES string of the molecule is Cc1ncsc1CCCNC(=O)CCc1nnc(CCc2c[nH]c3ccccc23)o1. The average molecular weight is 424 g/mol. The van der Waals surface area contributed by atoms with Gasteiger partial charge in [-0.25, -0.2) is 4.98 Å². The average Bonchev–Trinajstić information content (AvgIpc) is 3.48. The molecular weight excluding hydrogens is 398 g/mol. The number of benzene rings is 1. The molecule has 3 aromatic heterocycles. The number of para-hydroxylation sites is 1. The fourth-order valence-corrected chi connectivity index (χ4v) is 4.25. The molecule has 7 nitrogen and oxygen atoms in total. The molecule has 0 aliphatic carbocycles. The number of carbonyl (C=O) groups is 1. The van der Waals surface area contributed by atoms with Crippen molar-refractivity contribution in [1.82, 2.24) is 25.5 Å². The number of carbonyl (C=O) groups excluding carboxylic acids is 1. The number of thiazole rings is 1. The Labute approximate surface area is 178 Å². The maximum atomic E-state index is 12.0. The predicted molar refractivity (Wildman–Crippen MR) is 117 cm³/mol. The highest BCUT2D eigenvalue weighted by Gasteiger charge is 2.11. The van der Waals surface area contributed by atoms with Gasteiger partial charge in [0.05, 0.1) is 11.2 Å². The first-order valence-electron chi connectivity index (χ1n) is 10.2. The van der Waals surface area contributed by atoms with E-state index in [1.165, 1.54) is 15.8 Å². The summed E-state index contributed by atoms with van der Waals surface area (Å²) in [5.41, 5.74) is 5.32. The Kier molecular flexibility index (Phi) is 6.53. The molecule has 0 atom stereocenters. The largest absolute Gasteiger partial charge is 0.425 e. The van der Waals surface area contributed by atoms with Crippen LogP contribution >= 0.6 is 11.3 Å². The summed E-state index contributed by atoms with van der Waals surface area (Å²) in [6, 6.07) is 8.23. The number of H-pyrrole nitrogens is 1. The third kappa shape index (κ3) is 5.13. The van der Waals surface area contributed by atoms with E-state index < -0.39 is 0 Å². The first kappa shape index (κ1) is 20.3. The van der Waals surface area contributed by atoms with E-state index in [1.54, 1.807) is 11.3 Å². The van der Waals surface area contributed by atoms with Crippen molar-refractivity contribution in [2.75, 3.05) is 6.54 Å². The minimum absolute atomic E-state index is 0.00886. The molecular formula is C22H25N5O2S. The van der Waals surface area contributed by atoms with E-state index in [0.717, 1.165) is 30.5 Å². The lowest BCUT2D eigenvalue weighted by Crippen LogP contribution is -2.25. The smallest absolute Gasteiger partial charge is 0.220 e. The Morgan fingerprint density at radius 3 is 2.80 bits per heavy atom. The van der Waals surface area contributed by atoms with E-state index in [0.29, 0.717) is 37.6 Å². The molecule has 1 aromatic carbocycles. The maximum Gasteiger partial charge on any atom is 0.220 e. The second-order valence-electron chi connectivity index (χ2n) is 7.26. The van der Waals surface area contributed by atoms with Gasteiger partial charge in [0.1, 0.15) is 0 Å². The van der Waals surface area contributed by atoms with Crippen molar-refractivity contribution in [1.29, 1.82) is 0 Å². The molecule has 0 fully saturated rings. The first-order valence-corrected chi connectivity index (χ1v) is 11.1. The number of fused-ring (bicyclic) bond motifs is 1. The Morgan fingerprint density at radius 2 is 1.97 bits per heavy atom. The van der Waals surface area contributed by atoms with Crippen LogP contribution in [0.25, 0.3) is 10.9 Å². The standard InChI is InChI=1S/C22H25N5O2S/c1-15-19(30-14-25-15)7-4-12-23-20(28)9-11-22-27-26-21(29-22)10-8-16-13-24-18-6-3-2-5-17(16)18/h2-3,5-6,13-14,24H,4,7-12H2,1H3,(H,23,28). The summed E-state index contributed by atoms with van der Waals surface area (Å²) in [6.45, 7) is 2.68. The minimum Gasteiger partial charge on any atom is -0.425 e. The molecule has 0 unspecified atom stereocenters. The van der Waals surface area contributed by atoms with Crippen LogP contribution in [0, 0.1) is 6.92 Å². The first-order chi connectivity index (χ1) is 14.7. The van der Waals surface area contributed by atoms with Gasteiger partial charge in [0.2, 0.25) is 17.7 Å². The van der Waals surface area contributed by atoms with E-state index in [4.69, 9.17) is 4.42 Å². The summed E-state index contributed by atoms with van der Waals surface area (Å²) in [4.78, 5) is 20.9. The van der Waals surface area contributed by atoms with Crippen LogP contribution in [0.4, 0.5) is 0 Å². The summed E-state index contributed by atoms with van der Waals surface area (Å²) < 4.78 is 5.71. The van der Waals surface area contributed by atoms with Crippen LogP contribution in [0.5, 0.6) is 0 Å². The van der Waals surface area contributed by atoms with Crippen molar-refractivity contribution < 1.29 is 9.21 Å². The highest BCUT2D eigenvalue weighted by atomic mass is 32.1. The minimum atomic E-state index is 0.00886. The summed E-state index contributed by atoms with van der Waals surface area (Å²) >= 11 is 1.67. The number of amides is 1. The highest BCUT2D eigenvalue weighted by Crippen LogP contribution is 2.19. The predicted octanol–water partition coefficient (Wildman–Crippen LogP) is 3.78. The number of aryl methyl sites for hydroxylation is 5. The van der Waals surface area contributed by atoms with Gasteiger partial charge in [-0.1, -0.05) is 18.2 Å². The van der Waals surface area contributed by atoms with Crippen LogP contribution < -0.4 is 5.32 Å². The topological polar surface area (TPSA) is 96.7 Å². The molecule has 4 aromatic rings. The van der Waals surface area contributed by atoms with Crippen molar-refractivity contribution in [3.8, 4) is 0 Å². The van der Waals surface area contributed by atoms with Crippen molar-refractivity contribution in [3.63, 3.8) is 0 Å². The fraction of sp³-hybridized carbons (Fsp3) is 0.364. The van der Waals surface area contributed by atoms with Gasteiger partial charge >= 0.3 is 0 Å². The number of nitrogens with zero attached hydrogens (tertiary/aromatic N) is 3. The Hall–Kier alpha value is -3.00. The van der Waals surface area contributed by atoms with E-state index in [2.05, 4.69) is 37.6 Å². The number of rotatable bonds is 10. The highest BCUT2D eigenvalue weighted by molar-refractivity contribution is 7.09. The van der Waals surface area contributed by atoms with E-state index in [9.17, 15) is 4.79 Å². The zero-order chi connectivity index (χ0) is 20.8. The summed E-state index contributed by atoms with van der Waals surface area (Å²) in [5.74, 6) is 1.13. The van der Waals surface area contributed by atoms with Gasteiger partial charge in [0.25, 0.3) is 0 Å². The molecule has 30 heavy (non-hydrogen) atoms. The zero-order valence-corrected chi connectivity index (χ0v) is 17.8. The van der Waals surface area contributed by atoms with Crippen LogP contribution in [0.3, 0.4) is 0 Å². The quantitative estimate of drug-likeness (QED) is 0.378. The third-order valence-electron chi connectivity index (χ3n) is 5.11. The van der Waals surface area contributed by atoms with Gasteiger partial charge < -0.3 is 14.7 Å². The number of aromatic amines is 1. The molecule has 0 aliphatic heterocycles. The molecule has 2 N–H and O–H groups in total. The molecule has 0 saturated carbocycles. The summed E-state index contributed by atoms with van der Waals surface area (Å²) in [7, 11) is 0. The lowest BCUT2D eigenvalue weighted by Gasteiger charge is -2.03. The van der Waals surface area contributed by atoms with Crippen molar-refractivity contribution in [2.24, 2.45) is 0 Å². The summed E-state index contributed by atoms with van der Waals surface area (Å²) in [5, 5.41) is 12.4. The number of hydrogen-bond acceptors (Lipinski definition) is 6. The Morgan fingerprint density at radius 1 is 1.13 bits per heavy atom. The molecule has 0 saturated heterocycles. The van der Waals surface area contributed by atoms with Crippen LogP contribution in [-0.4, -0.2) is 32.6 Å². The molecule has 8 heteroatoms. The second-order valence-corrected chi connectivity index (χ2v) is 8.20. The van der Waals surface area contributed by atoms with Crippen LogP contribution in [-0.2, 0) is 30.5 Å². The van der Waals surface area contributed by atoms with Crippen molar-refractivity contribution >= 4 is 28.1 Å². The van der Waals surface area contributed by atoms with Gasteiger partial charge in [0.15, 0.2) is 0 Å². The Balaban J connectivity index is 1.17. The Bertz CT molecular complexity index is 1110. The van der Waals surface area contributed by atoms with Gasteiger partial charge in [-0.3, -0.25) is 4.79 Å². The normalized spacial score (nSPS) is 11.2. The van der Waals surface area contributed by atoms with Crippen LogP contribution in [0.1, 0.15) is 40.8 Å². The van der Waals surface area contributed by atoms with Gasteiger partial charge in [0, 0.05) is 47.8 Å². The third-order valence-corrected chi connectivity index (χ3v) is 6.10. The fourth-order valence-electron chi connectivity index (χ4n) is 3.42. The molecule has 0 aliphatic rings. The van der Waals surface area contributed by atoms with Gasteiger partial charge in [-0.2, -0.15) is 0 Å². The van der Waals surface area contributed by atoms with Gasteiger partial charge in [-0.05, 0) is 37.8 Å². The lowest BCUT2D eigenvalue weighted by atomic mass is 10.1. The van der Waals surface area contributed by atoms with Crippen LogP contribution in [0.15, 0.2) is 40.4 Å². The van der Waals surface area contributed by atoms with Crippen molar-refractivity contribution in [2.45, 2.75) is 45.4 Å². The maximum absolute atomic E-state index is 12.0. The number of nitrogens with one attached hydrogen (secondary N) is 2. The van der Waals surface area contributed by atoms with E-state index >= 15 is 0 Å². The molecule has 156 valence electrons. The molecule has 0 spiro atoms. The zero-order valence-electron chi connectivity index (χ0n) is 17.0. The van der Waals surface area contributed by atoms with Gasteiger partial charge in [-0.15, -0.1) is 21.5 Å². The van der Waals surface area contributed by atoms with E-state index in [-0.39, 0.29) is 5.91 Å². The monoisotopic (exact) mass is 423 g/mol. The molecule has 0 radical (unpaired) electrons. The van der Waals surface area contributed by atoms with E-state index in [1.807, 2.05) is 30.8 Å². The second kappa shape index (κ2) is 9.67. The van der Waals surface area contributed by atoms with Crippen molar-refractivity contribution in [3.05, 3.63) is 63.9 Å². The lowest BCUT2D eigenvalue weighted by molar-refractivity contribution is -0.121. The summed E-state index contributed by atoms with van der Waals surface area (Å²) in [6.07, 6.45) is 6.20. The number of hydrogen-bond donors (Lipinski definition) is 2. The molecule has 4 rings (SSSR count). The molecule has 0 bridgehead atoms.